The minimum Gasteiger partial charge on any atom is -0.507 e. The van der Waals surface area contributed by atoms with E-state index in [1.54, 1.807) is 14.2 Å². The number of aromatic hydroxyl groups is 1. The van der Waals surface area contributed by atoms with Gasteiger partial charge in [0.15, 0.2) is 0 Å². The Hall–Kier alpha value is -2.04. The molecular weight excluding hydrogens is 328 g/mol. The summed E-state index contributed by atoms with van der Waals surface area (Å²) in [6, 6.07) is 12.3. The fourth-order valence-corrected chi connectivity index (χ4v) is 2.92. The van der Waals surface area contributed by atoms with Crippen LogP contribution < -0.4 is 4.74 Å². The zero-order valence-corrected chi connectivity index (χ0v) is 16.2. The standard InChI is InChI=1S/C22H30O4/c1-5-16(2)18-6-8-21(9-7-18)26-11-10-17-12-19(14-24-3)22(23)20(13-17)15-25-4/h6-9,12-13,16,23H,5,10-11,14-15H2,1-4H3. The van der Waals surface area contributed by atoms with Gasteiger partial charge < -0.3 is 19.3 Å². The first-order valence-electron chi connectivity index (χ1n) is 9.13. The smallest absolute Gasteiger partial charge is 0.126 e. The summed E-state index contributed by atoms with van der Waals surface area (Å²) in [6.07, 6.45) is 1.88. The lowest BCUT2D eigenvalue weighted by molar-refractivity contribution is 0.174. The first-order valence-corrected chi connectivity index (χ1v) is 9.13. The highest BCUT2D eigenvalue weighted by Crippen LogP contribution is 2.27. The van der Waals surface area contributed by atoms with Crippen molar-refractivity contribution < 1.29 is 19.3 Å². The van der Waals surface area contributed by atoms with E-state index in [1.807, 2.05) is 24.3 Å². The maximum absolute atomic E-state index is 10.3. The molecule has 0 fully saturated rings. The highest BCUT2D eigenvalue weighted by Gasteiger charge is 2.10. The normalized spacial score (nSPS) is 12.2. The maximum Gasteiger partial charge on any atom is 0.126 e. The summed E-state index contributed by atoms with van der Waals surface area (Å²) >= 11 is 0. The molecule has 0 radical (unpaired) electrons. The van der Waals surface area contributed by atoms with Gasteiger partial charge in [0.25, 0.3) is 0 Å². The Morgan fingerprint density at radius 1 is 0.962 bits per heavy atom. The third kappa shape index (κ3) is 5.48. The zero-order valence-electron chi connectivity index (χ0n) is 16.2. The molecule has 0 saturated heterocycles. The van der Waals surface area contributed by atoms with Crippen LogP contribution in [0.25, 0.3) is 0 Å². The first kappa shape index (κ1) is 20.3. The minimum atomic E-state index is 0.249. The number of methoxy groups -OCH3 is 2. The van der Waals surface area contributed by atoms with Gasteiger partial charge in [0, 0.05) is 31.8 Å². The quantitative estimate of drug-likeness (QED) is 0.661. The Kier molecular flexibility index (Phi) is 7.95. The van der Waals surface area contributed by atoms with E-state index in [-0.39, 0.29) is 5.75 Å². The summed E-state index contributed by atoms with van der Waals surface area (Å²) in [5, 5.41) is 10.3. The van der Waals surface area contributed by atoms with Crippen LogP contribution in [0.5, 0.6) is 11.5 Å². The monoisotopic (exact) mass is 358 g/mol. The van der Waals surface area contributed by atoms with Crippen molar-refractivity contribution in [1.82, 2.24) is 0 Å². The van der Waals surface area contributed by atoms with Crippen LogP contribution in [0, 0.1) is 0 Å². The van der Waals surface area contributed by atoms with Crippen LogP contribution in [0.3, 0.4) is 0 Å². The molecule has 142 valence electrons. The molecule has 0 aromatic heterocycles. The summed E-state index contributed by atoms with van der Waals surface area (Å²) in [5.74, 6) is 1.70. The van der Waals surface area contributed by atoms with Crippen LogP contribution in [0.2, 0.25) is 0 Å². The summed E-state index contributed by atoms with van der Waals surface area (Å²) in [4.78, 5) is 0. The lowest BCUT2D eigenvalue weighted by atomic mass is 9.99. The second-order valence-corrected chi connectivity index (χ2v) is 6.61. The van der Waals surface area contributed by atoms with E-state index in [0.29, 0.717) is 25.7 Å². The highest BCUT2D eigenvalue weighted by molar-refractivity contribution is 5.43. The largest absolute Gasteiger partial charge is 0.507 e. The molecule has 0 saturated carbocycles. The van der Waals surface area contributed by atoms with Gasteiger partial charge in [0.1, 0.15) is 11.5 Å². The average molecular weight is 358 g/mol. The number of benzene rings is 2. The molecular formula is C22H30O4. The van der Waals surface area contributed by atoms with Crippen molar-refractivity contribution in [2.45, 2.75) is 45.8 Å². The summed E-state index contributed by atoms with van der Waals surface area (Å²) in [6.45, 7) is 5.74. The van der Waals surface area contributed by atoms with Gasteiger partial charge in [-0.05, 0) is 47.7 Å². The van der Waals surface area contributed by atoms with E-state index in [2.05, 4.69) is 26.0 Å². The molecule has 2 aromatic rings. The van der Waals surface area contributed by atoms with Gasteiger partial charge >= 0.3 is 0 Å². The molecule has 1 N–H and O–H groups in total. The Bertz CT molecular complexity index is 652. The van der Waals surface area contributed by atoms with Crippen LogP contribution in [0.4, 0.5) is 0 Å². The van der Waals surface area contributed by atoms with Gasteiger partial charge in [-0.1, -0.05) is 26.0 Å². The van der Waals surface area contributed by atoms with Crippen LogP contribution in [0.15, 0.2) is 36.4 Å². The first-order chi connectivity index (χ1) is 12.6. The van der Waals surface area contributed by atoms with E-state index < -0.39 is 0 Å². The third-order valence-corrected chi connectivity index (χ3v) is 4.65. The van der Waals surface area contributed by atoms with Gasteiger partial charge in [-0.3, -0.25) is 0 Å². The Balaban J connectivity index is 2.00. The van der Waals surface area contributed by atoms with Crippen molar-refractivity contribution in [2.75, 3.05) is 20.8 Å². The van der Waals surface area contributed by atoms with Crippen LogP contribution in [0.1, 0.15) is 48.4 Å². The molecule has 2 aromatic carbocycles. The number of phenolic OH excluding ortho intramolecular Hbond substituents is 1. The summed E-state index contributed by atoms with van der Waals surface area (Å²) in [7, 11) is 3.24. The second kappa shape index (κ2) is 10.2. The van der Waals surface area contributed by atoms with Crippen molar-refractivity contribution in [3.05, 3.63) is 58.7 Å². The molecule has 26 heavy (non-hydrogen) atoms. The summed E-state index contributed by atoms with van der Waals surface area (Å²) < 4.78 is 16.2. The number of hydrogen-bond donors (Lipinski definition) is 1. The van der Waals surface area contributed by atoms with Gasteiger partial charge in [0.2, 0.25) is 0 Å². The van der Waals surface area contributed by atoms with E-state index in [9.17, 15) is 5.11 Å². The molecule has 0 aliphatic carbocycles. The second-order valence-electron chi connectivity index (χ2n) is 6.61. The molecule has 1 unspecified atom stereocenters. The Morgan fingerprint density at radius 3 is 2.04 bits per heavy atom. The van der Waals surface area contributed by atoms with Gasteiger partial charge in [-0.15, -0.1) is 0 Å². The SMILES string of the molecule is CCC(C)c1ccc(OCCc2cc(COC)c(O)c(COC)c2)cc1. The lowest BCUT2D eigenvalue weighted by Crippen LogP contribution is -2.04. The molecule has 0 aliphatic rings. The van der Waals surface area contributed by atoms with E-state index in [1.165, 1.54) is 5.56 Å². The number of ether oxygens (including phenoxy) is 3. The Labute approximate surface area is 156 Å². The van der Waals surface area contributed by atoms with Crippen molar-refractivity contribution in [3.8, 4) is 11.5 Å². The van der Waals surface area contributed by atoms with Crippen LogP contribution in [-0.4, -0.2) is 25.9 Å². The van der Waals surface area contributed by atoms with Crippen molar-refractivity contribution in [2.24, 2.45) is 0 Å². The predicted octanol–water partition coefficient (Wildman–Crippen LogP) is 4.82. The molecule has 0 amide bonds. The zero-order chi connectivity index (χ0) is 18.9. The number of phenols is 1. The van der Waals surface area contributed by atoms with E-state index in [4.69, 9.17) is 14.2 Å². The highest BCUT2D eigenvalue weighted by atomic mass is 16.5. The molecule has 0 bridgehead atoms. The molecule has 1 atom stereocenters. The van der Waals surface area contributed by atoms with Gasteiger partial charge in [-0.2, -0.15) is 0 Å². The summed E-state index contributed by atoms with van der Waals surface area (Å²) in [5.41, 5.74) is 3.98. The molecule has 0 spiro atoms. The van der Waals surface area contributed by atoms with Crippen LogP contribution >= 0.6 is 0 Å². The topological polar surface area (TPSA) is 47.9 Å². The molecule has 0 aliphatic heterocycles. The Morgan fingerprint density at radius 2 is 1.54 bits per heavy atom. The number of rotatable bonds is 10. The van der Waals surface area contributed by atoms with E-state index in [0.717, 1.165) is 35.3 Å². The molecule has 4 nitrogen and oxygen atoms in total. The van der Waals surface area contributed by atoms with Crippen molar-refractivity contribution in [3.63, 3.8) is 0 Å². The van der Waals surface area contributed by atoms with E-state index >= 15 is 0 Å². The minimum absolute atomic E-state index is 0.249. The molecule has 0 heterocycles. The fourth-order valence-electron chi connectivity index (χ4n) is 2.92. The van der Waals surface area contributed by atoms with Gasteiger partial charge in [0.05, 0.1) is 19.8 Å². The third-order valence-electron chi connectivity index (χ3n) is 4.65. The maximum atomic E-state index is 10.3. The van der Waals surface area contributed by atoms with Gasteiger partial charge in [-0.25, -0.2) is 0 Å². The molecule has 2 rings (SSSR count). The van der Waals surface area contributed by atoms with Crippen molar-refractivity contribution >= 4 is 0 Å². The lowest BCUT2D eigenvalue weighted by Gasteiger charge is -2.13. The fraction of sp³-hybridized carbons (Fsp3) is 0.455. The van der Waals surface area contributed by atoms with Crippen molar-refractivity contribution in [1.29, 1.82) is 0 Å². The molecule has 4 heteroatoms. The van der Waals surface area contributed by atoms with Crippen LogP contribution in [-0.2, 0) is 29.1 Å². The predicted molar refractivity (Wildman–Crippen MR) is 104 cm³/mol. The number of hydrogen-bond acceptors (Lipinski definition) is 4. The average Bonchev–Trinajstić information content (AvgIpc) is 2.65.